The molecule has 0 saturated heterocycles. The summed E-state index contributed by atoms with van der Waals surface area (Å²) >= 11 is 0. The molecule has 2 atom stereocenters. The molecule has 0 aliphatic carbocycles. The largest absolute Gasteiger partial charge is 0.400 e. The van der Waals surface area contributed by atoms with E-state index in [9.17, 15) is 10.5 Å². The van der Waals surface area contributed by atoms with Gasteiger partial charge in [-0.3, -0.25) is 0 Å². The Morgan fingerprint density at radius 2 is 1.10 bits per heavy atom. The van der Waals surface area contributed by atoms with Crippen molar-refractivity contribution >= 4 is 0 Å². The lowest BCUT2D eigenvalue weighted by molar-refractivity contribution is 0.384. The molecule has 0 aliphatic rings. The smallest absolute Gasteiger partial charge is 0.165 e. The van der Waals surface area contributed by atoms with Gasteiger partial charge in [-0.05, 0) is 38.5 Å². The number of aliphatic hydroxyl groups excluding tert-OH is 1. The van der Waals surface area contributed by atoms with Gasteiger partial charge in [-0.2, -0.15) is 20.8 Å². The Hall–Kier alpha value is -1.46. The van der Waals surface area contributed by atoms with Gasteiger partial charge < -0.3 is 5.11 Å². The van der Waals surface area contributed by atoms with Crippen molar-refractivity contribution in [1.29, 1.82) is 10.5 Å². The van der Waals surface area contributed by atoms with Crippen LogP contribution in [0.1, 0.15) is 54.4 Å². The first-order chi connectivity index (χ1) is 9.16. The normalized spacial score (nSPS) is 16.8. The number of hydrogen-bond acceptors (Lipinski definition) is 5. The summed E-state index contributed by atoms with van der Waals surface area (Å²) in [7, 11) is 1.00. The molecule has 0 saturated carbocycles. The van der Waals surface area contributed by atoms with E-state index in [0.717, 1.165) is 7.11 Å². The van der Waals surface area contributed by atoms with Crippen LogP contribution < -0.4 is 0 Å². The molecule has 0 amide bonds. The van der Waals surface area contributed by atoms with E-state index in [4.69, 9.17) is 5.11 Å². The summed E-state index contributed by atoms with van der Waals surface area (Å²) < 4.78 is 0. The van der Waals surface area contributed by atoms with E-state index >= 15 is 0 Å². The van der Waals surface area contributed by atoms with Crippen LogP contribution in [0.3, 0.4) is 0 Å². The number of azo groups is 1. The molecule has 0 heterocycles. The Bertz CT molecular complexity index is 342. The van der Waals surface area contributed by atoms with Gasteiger partial charge in [0.05, 0.1) is 12.1 Å². The van der Waals surface area contributed by atoms with Crippen LogP contribution in [0.15, 0.2) is 10.2 Å². The summed E-state index contributed by atoms with van der Waals surface area (Å²) in [6, 6.07) is 4.38. The first kappa shape index (κ1) is 20.8. The standard InChI is InChI=1S/C14H24N4.CH4O/c1-11(2)7-13(5,9-15)17-18-14(6,10-16)8-12(3)4;1-2/h11-12H,7-8H2,1-6H3;2H,1H3. The topological polar surface area (TPSA) is 92.5 Å². The molecule has 0 bridgehead atoms. The molecular weight excluding hydrogens is 252 g/mol. The van der Waals surface area contributed by atoms with Crippen molar-refractivity contribution in [2.75, 3.05) is 7.11 Å². The predicted molar refractivity (Wildman–Crippen MR) is 79.9 cm³/mol. The summed E-state index contributed by atoms with van der Waals surface area (Å²) in [5, 5.41) is 33.7. The first-order valence-electron chi connectivity index (χ1n) is 6.87. The van der Waals surface area contributed by atoms with Gasteiger partial charge in [0.2, 0.25) is 0 Å². The fraction of sp³-hybridized carbons (Fsp3) is 0.867. The highest BCUT2D eigenvalue weighted by Crippen LogP contribution is 2.25. The molecule has 1 N–H and O–H groups in total. The molecule has 20 heavy (non-hydrogen) atoms. The highest BCUT2D eigenvalue weighted by molar-refractivity contribution is 5.07. The average molecular weight is 280 g/mol. The number of rotatable bonds is 6. The van der Waals surface area contributed by atoms with Gasteiger partial charge in [0.1, 0.15) is 0 Å². The van der Waals surface area contributed by atoms with Crippen molar-refractivity contribution in [3.05, 3.63) is 0 Å². The van der Waals surface area contributed by atoms with Crippen LogP contribution in [0.4, 0.5) is 0 Å². The minimum atomic E-state index is -0.830. The molecular formula is C15H28N4O. The Morgan fingerprint density at radius 3 is 1.25 bits per heavy atom. The lowest BCUT2D eigenvalue weighted by atomic mass is 9.92. The van der Waals surface area contributed by atoms with Gasteiger partial charge in [-0.25, -0.2) is 0 Å². The van der Waals surface area contributed by atoms with Gasteiger partial charge in [0, 0.05) is 7.11 Å². The molecule has 5 nitrogen and oxygen atoms in total. The number of nitrogens with zero attached hydrogens (tertiary/aromatic N) is 4. The van der Waals surface area contributed by atoms with Gasteiger partial charge in [-0.1, -0.05) is 27.7 Å². The van der Waals surface area contributed by atoms with Gasteiger partial charge in [0.25, 0.3) is 0 Å². The van der Waals surface area contributed by atoms with Crippen LogP contribution in [-0.4, -0.2) is 23.3 Å². The molecule has 0 fully saturated rings. The van der Waals surface area contributed by atoms with Crippen LogP contribution in [0.25, 0.3) is 0 Å². The quantitative estimate of drug-likeness (QED) is 0.752. The van der Waals surface area contributed by atoms with E-state index in [0.29, 0.717) is 24.7 Å². The van der Waals surface area contributed by atoms with Crippen LogP contribution in [0.5, 0.6) is 0 Å². The van der Waals surface area contributed by atoms with Gasteiger partial charge in [-0.15, -0.1) is 0 Å². The zero-order valence-corrected chi connectivity index (χ0v) is 13.8. The van der Waals surface area contributed by atoms with Crippen LogP contribution in [0, 0.1) is 34.5 Å². The first-order valence-corrected chi connectivity index (χ1v) is 6.87. The van der Waals surface area contributed by atoms with E-state index < -0.39 is 11.1 Å². The van der Waals surface area contributed by atoms with Crippen molar-refractivity contribution in [3.63, 3.8) is 0 Å². The Morgan fingerprint density at radius 1 is 0.850 bits per heavy atom. The molecule has 0 aromatic rings. The summed E-state index contributed by atoms with van der Waals surface area (Å²) in [4.78, 5) is 0. The fourth-order valence-electron chi connectivity index (χ4n) is 2.03. The third-order valence-electron chi connectivity index (χ3n) is 2.58. The maximum Gasteiger partial charge on any atom is 0.165 e. The second kappa shape index (κ2) is 9.44. The SMILES string of the molecule is CC(C)CC(C)(C#N)N=NC(C)(C#N)CC(C)C.CO. The second-order valence-electron chi connectivity index (χ2n) is 6.17. The monoisotopic (exact) mass is 280 g/mol. The summed E-state index contributed by atoms with van der Waals surface area (Å²) in [5.74, 6) is 0.735. The van der Waals surface area contributed by atoms with Crippen LogP contribution >= 0.6 is 0 Å². The number of hydrogen-bond donors (Lipinski definition) is 1. The third-order valence-corrected chi connectivity index (χ3v) is 2.58. The van der Waals surface area contributed by atoms with Gasteiger partial charge in [0.15, 0.2) is 11.1 Å². The molecule has 0 aromatic carbocycles. The molecule has 0 radical (unpaired) electrons. The van der Waals surface area contributed by atoms with Crippen molar-refractivity contribution in [3.8, 4) is 12.1 Å². The molecule has 5 heteroatoms. The maximum absolute atomic E-state index is 9.20. The van der Waals surface area contributed by atoms with Crippen molar-refractivity contribution in [2.24, 2.45) is 22.1 Å². The second-order valence-corrected chi connectivity index (χ2v) is 6.17. The summed E-state index contributed by atoms with van der Waals surface area (Å²) in [6.45, 7) is 11.7. The zero-order chi connectivity index (χ0) is 16.4. The van der Waals surface area contributed by atoms with E-state index in [-0.39, 0.29) is 0 Å². The molecule has 114 valence electrons. The Kier molecular flexibility index (Phi) is 9.85. The lowest BCUT2D eigenvalue weighted by Crippen LogP contribution is -2.26. The van der Waals surface area contributed by atoms with E-state index in [1.165, 1.54) is 0 Å². The van der Waals surface area contributed by atoms with Crippen molar-refractivity contribution in [2.45, 2.75) is 65.5 Å². The average Bonchev–Trinajstić information content (AvgIpc) is 2.37. The van der Waals surface area contributed by atoms with Gasteiger partial charge >= 0.3 is 0 Å². The van der Waals surface area contributed by atoms with E-state index in [1.807, 2.05) is 27.7 Å². The highest BCUT2D eigenvalue weighted by Gasteiger charge is 2.29. The third kappa shape index (κ3) is 8.61. The summed E-state index contributed by atoms with van der Waals surface area (Å²) in [5.41, 5.74) is -1.66. The van der Waals surface area contributed by atoms with Crippen molar-refractivity contribution in [1.82, 2.24) is 0 Å². The molecule has 0 aliphatic heterocycles. The molecule has 0 rings (SSSR count). The van der Waals surface area contributed by atoms with E-state index in [1.54, 1.807) is 13.8 Å². The Labute approximate surface area is 123 Å². The minimum absolute atomic E-state index is 0.368. The van der Waals surface area contributed by atoms with Crippen LogP contribution in [0.2, 0.25) is 0 Å². The lowest BCUT2D eigenvalue weighted by Gasteiger charge is -2.22. The fourth-order valence-corrected chi connectivity index (χ4v) is 2.03. The summed E-state index contributed by atoms with van der Waals surface area (Å²) in [6.07, 6.45) is 1.30. The molecule has 0 aromatic heterocycles. The number of nitriles is 2. The van der Waals surface area contributed by atoms with Crippen molar-refractivity contribution < 1.29 is 5.11 Å². The maximum atomic E-state index is 9.20. The zero-order valence-electron chi connectivity index (χ0n) is 13.8. The van der Waals surface area contributed by atoms with E-state index in [2.05, 4.69) is 22.4 Å². The minimum Gasteiger partial charge on any atom is -0.400 e. The number of aliphatic hydroxyl groups is 1. The molecule has 2 unspecified atom stereocenters. The van der Waals surface area contributed by atoms with Crippen LogP contribution in [-0.2, 0) is 0 Å². The molecule has 0 spiro atoms. The highest BCUT2D eigenvalue weighted by atomic mass is 16.2. The predicted octanol–water partition coefficient (Wildman–Crippen LogP) is 3.70. The Balaban J connectivity index is 0.